The standard InChI is InChI=1S/C13H11BrFNO/c1-9-3-2-4-13(17)16(9)8-10-5-11(14)7-12(15)6-10/h2-7H,8H2,1H3. The first kappa shape index (κ1) is 12.0. The maximum atomic E-state index is 13.2. The smallest absolute Gasteiger partial charge is 0.251 e. The fourth-order valence-corrected chi connectivity index (χ4v) is 2.22. The third-order valence-corrected chi connectivity index (χ3v) is 2.99. The Hall–Kier alpha value is -1.42. The molecule has 2 rings (SSSR count). The van der Waals surface area contributed by atoms with Crippen molar-refractivity contribution in [1.29, 1.82) is 0 Å². The van der Waals surface area contributed by atoms with Gasteiger partial charge in [-0.2, -0.15) is 0 Å². The quantitative estimate of drug-likeness (QED) is 0.834. The summed E-state index contributed by atoms with van der Waals surface area (Å²) < 4.78 is 15.5. The Morgan fingerprint density at radius 3 is 2.71 bits per heavy atom. The molecule has 88 valence electrons. The molecule has 0 atom stereocenters. The van der Waals surface area contributed by atoms with Crippen molar-refractivity contribution >= 4 is 15.9 Å². The molecule has 17 heavy (non-hydrogen) atoms. The summed E-state index contributed by atoms with van der Waals surface area (Å²) in [5.74, 6) is -0.309. The van der Waals surface area contributed by atoms with E-state index in [-0.39, 0.29) is 11.4 Å². The summed E-state index contributed by atoms with van der Waals surface area (Å²) >= 11 is 3.24. The molecular weight excluding hydrogens is 285 g/mol. The van der Waals surface area contributed by atoms with Crippen LogP contribution in [0.15, 0.2) is 45.7 Å². The molecule has 1 heterocycles. The van der Waals surface area contributed by atoms with Crippen LogP contribution in [0.2, 0.25) is 0 Å². The summed E-state index contributed by atoms with van der Waals surface area (Å²) in [5.41, 5.74) is 1.54. The van der Waals surface area contributed by atoms with Gasteiger partial charge in [-0.15, -0.1) is 0 Å². The Labute approximate surface area is 107 Å². The zero-order chi connectivity index (χ0) is 12.4. The molecular formula is C13H11BrFNO. The van der Waals surface area contributed by atoms with Gasteiger partial charge in [-0.1, -0.05) is 22.0 Å². The van der Waals surface area contributed by atoms with Gasteiger partial charge in [-0.3, -0.25) is 4.79 Å². The van der Waals surface area contributed by atoms with Crippen LogP contribution in [0.5, 0.6) is 0 Å². The van der Waals surface area contributed by atoms with Crippen LogP contribution in [0.25, 0.3) is 0 Å². The molecule has 0 N–H and O–H groups in total. The van der Waals surface area contributed by atoms with E-state index in [0.717, 1.165) is 11.3 Å². The molecule has 0 spiro atoms. The Morgan fingerprint density at radius 1 is 1.29 bits per heavy atom. The normalized spacial score (nSPS) is 10.5. The lowest BCUT2D eigenvalue weighted by Gasteiger charge is -2.09. The van der Waals surface area contributed by atoms with Crippen LogP contribution in [-0.2, 0) is 6.54 Å². The number of aryl methyl sites for hydroxylation is 1. The highest BCUT2D eigenvalue weighted by molar-refractivity contribution is 9.10. The van der Waals surface area contributed by atoms with Crippen LogP contribution in [0.4, 0.5) is 4.39 Å². The molecule has 0 amide bonds. The largest absolute Gasteiger partial charge is 0.309 e. The number of halogens is 2. The first-order chi connectivity index (χ1) is 8.06. The van der Waals surface area contributed by atoms with E-state index in [1.807, 2.05) is 19.1 Å². The highest BCUT2D eigenvalue weighted by Crippen LogP contribution is 2.15. The van der Waals surface area contributed by atoms with E-state index in [4.69, 9.17) is 0 Å². The molecule has 0 bridgehead atoms. The molecule has 1 aromatic heterocycles. The average Bonchev–Trinajstić information content (AvgIpc) is 2.22. The Bertz CT molecular complexity index is 586. The number of hydrogen-bond donors (Lipinski definition) is 0. The first-order valence-electron chi connectivity index (χ1n) is 5.18. The number of benzene rings is 1. The van der Waals surface area contributed by atoms with E-state index in [1.54, 1.807) is 10.6 Å². The maximum absolute atomic E-state index is 13.2. The molecule has 0 fully saturated rings. The summed E-state index contributed by atoms with van der Waals surface area (Å²) in [4.78, 5) is 11.7. The van der Waals surface area contributed by atoms with E-state index < -0.39 is 0 Å². The van der Waals surface area contributed by atoms with Gasteiger partial charge in [-0.05, 0) is 36.8 Å². The van der Waals surface area contributed by atoms with E-state index in [0.29, 0.717) is 11.0 Å². The Morgan fingerprint density at radius 2 is 2.06 bits per heavy atom. The van der Waals surface area contributed by atoms with Crippen molar-refractivity contribution in [3.63, 3.8) is 0 Å². The fraction of sp³-hybridized carbons (Fsp3) is 0.154. The number of pyridine rings is 1. The van der Waals surface area contributed by atoms with Crippen molar-refractivity contribution in [3.05, 3.63) is 68.3 Å². The first-order valence-corrected chi connectivity index (χ1v) is 5.97. The van der Waals surface area contributed by atoms with Crippen LogP contribution < -0.4 is 5.56 Å². The second-order valence-corrected chi connectivity index (χ2v) is 4.78. The van der Waals surface area contributed by atoms with E-state index in [1.165, 1.54) is 18.2 Å². The minimum atomic E-state index is -0.309. The van der Waals surface area contributed by atoms with Crippen molar-refractivity contribution in [2.45, 2.75) is 13.5 Å². The van der Waals surface area contributed by atoms with Crippen molar-refractivity contribution in [1.82, 2.24) is 4.57 Å². The van der Waals surface area contributed by atoms with Gasteiger partial charge in [0.05, 0.1) is 6.54 Å². The molecule has 0 saturated carbocycles. The summed E-state index contributed by atoms with van der Waals surface area (Å²) in [6.45, 7) is 2.23. The van der Waals surface area contributed by atoms with Gasteiger partial charge in [0.15, 0.2) is 0 Å². The average molecular weight is 296 g/mol. The number of hydrogen-bond acceptors (Lipinski definition) is 1. The summed E-state index contributed by atoms with van der Waals surface area (Å²) in [6.07, 6.45) is 0. The molecule has 2 nitrogen and oxygen atoms in total. The minimum absolute atomic E-state index is 0.0783. The monoisotopic (exact) mass is 295 g/mol. The summed E-state index contributed by atoms with van der Waals surface area (Å²) in [6, 6.07) is 9.71. The molecule has 4 heteroatoms. The fourth-order valence-electron chi connectivity index (χ4n) is 1.71. The molecule has 1 aromatic carbocycles. The highest BCUT2D eigenvalue weighted by Gasteiger charge is 2.03. The van der Waals surface area contributed by atoms with Crippen LogP contribution >= 0.6 is 15.9 Å². The predicted octanol–water partition coefficient (Wildman–Crippen LogP) is 3.11. The zero-order valence-electron chi connectivity index (χ0n) is 9.28. The number of nitrogens with zero attached hydrogens (tertiary/aromatic N) is 1. The Balaban J connectivity index is 2.41. The van der Waals surface area contributed by atoms with Crippen molar-refractivity contribution in [2.75, 3.05) is 0 Å². The second-order valence-electron chi connectivity index (χ2n) is 3.87. The van der Waals surface area contributed by atoms with Gasteiger partial charge >= 0.3 is 0 Å². The molecule has 0 aliphatic heterocycles. The number of rotatable bonds is 2. The lowest BCUT2D eigenvalue weighted by atomic mass is 10.2. The van der Waals surface area contributed by atoms with Gasteiger partial charge in [0.2, 0.25) is 0 Å². The molecule has 0 radical (unpaired) electrons. The SMILES string of the molecule is Cc1cccc(=O)n1Cc1cc(F)cc(Br)c1. The maximum Gasteiger partial charge on any atom is 0.251 e. The minimum Gasteiger partial charge on any atom is -0.309 e. The Kier molecular flexibility index (Phi) is 3.43. The van der Waals surface area contributed by atoms with Crippen molar-refractivity contribution in [2.24, 2.45) is 0 Å². The molecule has 0 aliphatic carbocycles. The van der Waals surface area contributed by atoms with Crippen molar-refractivity contribution < 1.29 is 4.39 Å². The van der Waals surface area contributed by atoms with Gasteiger partial charge in [0, 0.05) is 16.2 Å². The topological polar surface area (TPSA) is 22.0 Å². The van der Waals surface area contributed by atoms with Crippen LogP contribution in [0.1, 0.15) is 11.3 Å². The third-order valence-electron chi connectivity index (χ3n) is 2.53. The van der Waals surface area contributed by atoms with Crippen molar-refractivity contribution in [3.8, 4) is 0 Å². The van der Waals surface area contributed by atoms with Gasteiger partial charge in [0.1, 0.15) is 5.82 Å². The zero-order valence-corrected chi connectivity index (χ0v) is 10.9. The number of aromatic nitrogens is 1. The van der Waals surface area contributed by atoms with Crippen LogP contribution in [0, 0.1) is 12.7 Å². The molecule has 0 unspecified atom stereocenters. The molecule has 0 aliphatic rings. The predicted molar refractivity (Wildman–Crippen MR) is 68.6 cm³/mol. The van der Waals surface area contributed by atoms with Crippen LogP contribution in [0.3, 0.4) is 0 Å². The molecule has 2 aromatic rings. The van der Waals surface area contributed by atoms with E-state index in [2.05, 4.69) is 15.9 Å². The van der Waals surface area contributed by atoms with Gasteiger partial charge in [0.25, 0.3) is 5.56 Å². The lowest BCUT2D eigenvalue weighted by molar-refractivity contribution is 0.621. The van der Waals surface area contributed by atoms with Crippen LogP contribution in [-0.4, -0.2) is 4.57 Å². The molecule has 0 saturated heterocycles. The van der Waals surface area contributed by atoms with E-state index in [9.17, 15) is 9.18 Å². The highest BCUT2D eigenvalue weighted by atomic mass is 79.9. The van der Waals surface area contributed by atoms with Gasteiger partial charge in [-0.25, -0.2) is 4.39 Å². The third kappa shape index (κ3) is 2.82. The summed E-state index contributed by atoms with van der Waals surface area (Å²) in [5, 5.41) is 0. The van der Waals surface area contributed by atoms with E-state index >= 15 is 0 Å². The summed E-state index contributed by atoms with van der Waals surface area (Å²) in [7, 11) is 0. The second kappa shape index (κ2) is 4.84. The lowest BCUT2D eigenvalue weighted by Crippen LogP contribution is -2.21. The van der Waals surface area contributed by atoms with Gasteiger partial charge < -0.3 is 4.57 Å².